The number of allylic oxidation sites excluding steroid dienone is 1. The van der Waals surface area contributed by atoms with E-state index in [1.54, 1.807) is 0 Å². The fourth-order valence-electron chi connectivity index (χ4n) is 2.80. The molecule has 0 amide bonds. The molecule has 3 rings (SSSR count). The first-order valence-electron chi connectivity index (χ1n) is 7.76. The highest BCUT2D eigenvalue weighted by Gasteiger charge is 2.04. The van der Waals surface area contributed by atoms with Crippen LogP contribution in [0.2, 0.25) is 0 Å². The summed E-state index contributed by atoms with van der Waals surface area (Å²) in [4.78, 5) is 0. The van der Waals surface area contributed by atoms with Crippen molar-refractivity contribution in [3.63, 3.8) is 0 Å². The number of fused-ring (bicyclic) bond motifs is 1. The van der Waals surface area contributed by atoms with Gasteiger partial charge in [0.05, 0.1) is 0 Å². The molecular weight excluding hydrogens is 266 g/mol. The van der Waals surface area contributed by atoms with Gasteiger partial charge in [0.1, 0.15) is 0 Å². The molecule has 0 aliphatic heterocycles. The van der Waals surface area contributed by atoms with Crippen molar-refractivity contribution in [2.75, 3.05) is 0 Å². The summed E-state index contributed by atoms with van der Waals surface area (Å²) in [5.74, 6) is 0. The summed E-state index contributed by atoms with van der Waals surface area (Å²) in [5, 5.41) is 6.16. The van der Waals surface area contributed by atoms with Gasteiger partial charge in [0.2, 0.25) is 0 Å². The van der Waals surface area contributed by atoms with Gasteiger partial charge in [-0.3, -0.25) is 0 Å². The van der Waals surface area contributed by atoms with Gasteiger partial charge in [-0.05, 0) is 34.4 Å². The van der Waals surface area contributed by atoms with E-state index in [0.717, 1.165) is 13.1 Å². The summed E-state index contributed by atoms with van der Waals surface area (Å²) in [6.07, 6.45) is 4.32. The molecule has 0 saturated carbocycles. The monoisotopic (exact) mass is 287 g/mol. The number of rotatable bonds is 5. The minimum absolute atomic E-state index is 0.874. The van der Waals surface area contributed by atoms with E-state index in [0.29, 0.717) is 0 Å². The Morgan fingerprint density at radius 1 is 0.818 bits per heavy atom. The molecule has 0 aromatic heterocycles. The number of hydrogen-bond acceptors (Lipinski definition) is 1. The van der Waals surface area contributed by atoms with E-state index in [-0.39, 0.29) is 0 Å². The van der Waals surface area contributed by atoms with Gasteiger partial charge >= 0.3 is 0 Å². The van der Waals surface area contributed by atoms with Crippen molar-refractivity contribution in [3.8, 4) is 0 Å². The lowest BCUT2D eigenvalue weighted by Crippen LogP contribution is -2.13. The molecule has 1 N–H and O–H groups in total. The molecule has 0 bridgehead atoms. The average Bonchev–Trinajstić information content (AvgIpc) is 2.58. The highest BCUT2D eigenvalue weighted by atomic mass is 14.8. The van der Waals surface area contributed by atoms with E-state index in [1.165, 1.54) is 27.5 Å². The fourth-order valence-corrected chi connectivity index (χ4v) is 2.80. The Morgan fingerprint density at radius 2 is 1.59 bits per heavy atom. The van der Waals surface area contributed by atoms with E-state index < -0.39 is 0 Å². The Morgan fingerprint density at radius 3 is 2.41 bits per heavy atom. The van der Waals surface area contributed by atoms with Crippen molar-refractivity contribution < 1.29 is 0 Å². The Hall–Kier alpha value is -2.38. The van der Waals surface area contributed by atoms with Gasteiger partial charge in [0, 0.05) is 13.1 Å². The minimum Gasteiger partial charge on any atom is -0.309 e. The first-order chi connectivity index (χ1) is 10.9. The van der Waals surface area contributed by atoms with E-state index in [1.807, 2.05) is 0 Å². The van der Waals surface area contributed by atoms with Gasteiger partial charge in [-0.15, -0.1) is 0 Å². The predicted octanol–water partition coefficient (Wildman–Crippen LogP) is 5.16. The Bertz CT molecular complexity index is 772. The Labute approximate surface area is 132 Å². The van der Waals surface area contributed by atoms with E-state index in [9.17, 15) is 0 Å². The smallest absolute Gasteiger partial charge is 0.0214 e. The van der Waals surface area contributed by atoms with Crippen LogP contribution in [0.25, 0.3) is 16.8 Å². The molecule has 3 aromatic rings. The Balaban J connectivity index is 1.82. The van der Waals surface area contributed by atoms with Crippen LogP contribution in [-0.2, 0) is 13.1 Å². The van der Waals surface area contributed by atoms with E-state index in [4.69, 9.17) is 0 Å². The second kappa shape index (κ2) is 7.06. The normalized spacial score (nSPS) is 11.3. The molecule has 110 valence electrons. The van der Waals surface area contributed by atoms with Crippen molar-refractivity contribution >= 4 is 16.8 Å². The van der Waals surface area contributed by atoms with Crippen molar-refractivity contribution in [1.82, 2.24) is 5.32 Å². The molecule has 22 heavy (non-hydrogen) atoms. The average molecular weight is 287 g/mol. The molecule has 0 heterocycles. The standard InChI is InChI=1S/C21H21N/c1-2-8-20-19(14-13-18-11-6-7-12-21(18)20)16-22-15-17-9-4-3-5-10-17/h2-14,22H,15-16H2,1H3/b8-2+. The van der Waals surface area contributed by atoms with Crippen LogP contribution in [0.4, 0.5) is 0 Å². The van der Waals surface area contributed by atoms with Crippen molar-refractivity contribution in [1.29, 1.82) is 0 Å². The summed E-state index contributed by atoms with van der Waals surface area (Å²) < 4.78 is 0. The van der Waals surface area contributed by atoms with Crippen LogP contribution in [0.1, 0.15) is 23.6 Å². The topological polar surface area (TPSA) is 12.0 Å². The molecule has 0 atom stereocenters. The molecule has 0 fully saturated rings. The maximum atomic E-state index is 3.55. The molecule has 0 aliphatic rings. The first kappa shape index (κ1) is 14.6. The van der Waals surface area contributed by atoms with Gasteiger partial charge in [0.25, 0.3) is 0 Å². The van der Waals surface area contributed by atoms with Gasteiger partial charge in [-0.1, -0.05) is 78.9 Å². The maximum Gasteiger partial charge on any atom is 0.0214 e. The predicted molar refractivity (Wildman–Crippen MR) is 95.6 cm³/mol. The second-order valence-electron chi connectivity index (χ2n) is 5.45. The lowest BCUT2D eigenvalue weighted by atomic mass is 9.98. The summed E-state index contributed by atoms with van der Waals surface area (Å²) in [7, 11) is 0. The molecule has 0 radical (unpaired) electrons. The molecule has 1 nitrogen and oxygen atoms in total. The third-order valence-electron chi connectivity index (χ3n) is 3.88. The van der Waals surface area contributed by atoms with E-state index >= 15 is 0 Å². The van der Waals surface area contributed by atoms with Crippen LogP contribution >= 0.6 is 0 Å². The van der Waals surface area contributed by atoms with E-state index in [2.05, 4.69) is 91.1 Å². The van der Waals surface area contributed by atoms with Crippen LogP contribution in [0, 0.1) is 0 Å². The molecule has 0 spiro atoms. The summed E-state index contributed by atoms with van der Waals surface area (Å²) in [6, 6.07) is 23.5. The minimum atomic E-state index is 0.874. The van der Waals surface area contributed by atoms with Gasteiger partial charge in [-0.2, -0.15) is 0 Å². The van der Waals surface area contributed by atoms with Crippen molar-refractivity contribution in [2.45, 2.75) is 20.0 Å². The number of hydrogen-bond donors (Lipinski definition) is 1. The van der Waals surface area contributed by atoms with Crippen molar-refractivity contribution in [2.24, 2.45) is 0 Å². The molecule has 0 unspecified atom stereocenters. The third kappa shape index (κ3) is 3.26. The molecule has 0 saturated heterocycles. The zero-order chi connectivity index (χ0) is 15.2. The lowest BCUT2D eigenvalue weighted by molar-refractivity contribution is 0.693. The molecule has 0 aliphatic carbocycles. The lowest BCUT2D eigenvalue weighted by Gasteiger charge is -2.11. The second-order valence-corrected chi connectivity index (χ2v) is 5.45. The fraction of sp³-hybridized carbons (Fsp3) is 0.143. The number of nitrogens with one attached hydrogen (secondary N) is 1. The van der Waals surface area contributed by atoms with Crippen LogP contribution in [0.15, 0.2) is 72.8 Å². The van der Waals surface area contributed by atoms with Crippen LogP contribution in [0.5, 0.6) is 0 Å². The number of benzene rings is 3. The maximum absolute atomic E-state index is 3.55. The summed E-state index contributed by atoms with van der Waals surface area (Å²) in [6.45, 7) is 3.84. The van der Waals surface area contributed by atoms with Crippen LogP contribution in [0.3, 0.4) is 0 Å². The summed E-state index contributed by atoms with van der Waals surface area (Å²) in [5.41, 5.74) is 3.98. The van der Waals surface area contributed by atoms with Crippen LogP contribution < -0.4 is 5.32 Å². The Kier molecular flexibility index (Phi) is 4.67. The highest BCUT2D eigenvalue weighted by molar-refractivity contribution is 5.91. The largest absolute Gasteiger partial charge is 0.309 e. The highest BCUT2D eigenvalue weighted by Crippen LogP contribution is 2.24. The van der Waals surface area contributed by atoms with Gasteiger partial charge in [0.15, 0.2) is 0 Å². The zero-order valence-electron chi connectivity index (χ0n) is 12.9. The quantitative estimate of drug-likeness (QED) is 0.683. The molecule has 1 heteroatoms. The first-order valence-corrected chi connectivity index (χ1v) is 7.76. The van der Waals surface area contributed by atoms with Crippen molar-refractivity contribution in [3.05, 3.63) is 89.5 Å². The van der Waals surface area contributed by atoms with Gasteiger partial charge in [-0.25, -0.2) is 0 Å². The third-order valence-corrected chi connectivity index (χ3v) is 3.88. The summed E-state index contributed by atoms with van der Waals surface area (Å²) >= 11 is 0. The SMILES string of the molecule is C/C=C/c1c(CNCc2ccccc2)ccc2ccccc12. The van der Waals surface area contributed by atoms with Gasteiger partial charge < -0.3 is 5.32 Å². The molecule has 3 aromatic carbocycles. The molecular formula is C21H21N. The zero-order valence-corrected chi connectivity index (χ0v) is 12.9. The van der Waals surface area contributed by atoms with Crippen LogP contribution in [-0.4, -0.2) is 0 Å².